The molecular weight excluding hydrogens is 441 g/mol. The van der Waals surface area contributed by atoms with Crippen molar-refractivity contribution < 1.29 is 0 Å². The van der Waals surface area contributed by atoms with Crippen molar-refractivity contribution in [3.8, 4) is 0 Å². The Labute approximate surface area is 174 Å². The average molecular weight is 475 g/mol. The van der Waals surface area contributed by atoms with Crippen LogP contribution in [0.3, 0.4) is 0 Å². The molecule has 0 atom stereocenters. The van der Waals surface area contributed by atoms with Crippen molar-refractivity contribution in [2.24, 2.45) is 4.99 Å². The normalized spacial score (nSPS) is 18.8. The highest BCUT2D eigenvalue weighted by Crippen LogP contribution is 2.19. The van der Waals surface area contributed by atoms with Gasteiger partial charge in [0.2, 0.25) is 0 Å². The van der Waals surface area contributed by atoms with Crippen LogP contribution in [0.1, 0.15) is 57.6 Å². The maximum Gasteiger partial charge on any atom is 0.191 e. The summed E-state index contributed by atoms with van der Waals surface area (Å²) >= 11 is 0. The number of nitrogens with one attached hydrogen (secondary N) is 2. The Bertz CT molecular complexity index is 590. The number of aromatic nitrogens is 3. The molecule has 1 fully saturated rings. The van der Waals surface area contributed by atoms with Gasteiger partial charge in [-0.05, 0) is 52.6 Å². The van der Waals surface area contributed by atoms with Crippen molar-refractivity contribution in [2.45, 2.75) is 71.0 Å². The molecular formula is C18H34IN7. The van der Waals surface area contributed by atoms with E-state index in [1.165, 1.54) is 45.2 Å². The molecule has 7 nitrogen and oxygen atoms in total. The Hall–Kier alpha value is -0.900. The molecule has 2 aliphatic heterocycles. The van der Waals surface area contributed by atoms with Gasteiger partial charge >= 0.3 is 0 Å². The number of fused-ring (bicyclic) bond motifs is 1. The molecule has 8 heteroatoms. The summed E-state index contributed by atoms with van der Waals surface area (Å²) in [7, 11) is 1.82. The number of aliphatic imine (C=N–C) groups is 1. The van der Waals surface area contributed by atoms with Crippen LogP contribution in [0.2, 0.25) is 0 Å². The molecule has 3 rings (SSSR count). The van der Waals surface area contributed by atoms with Crippen LogP contribution in [0.4, 0.5) is 0 Å². The van der Waals surface area contributed by atoms with Gasteiger partial charge in [0.25, 0.3) is 0 Å². The molecule has 0 spiro atoms. The fourth-order valence-corrected chi connectivity index (χ4v) is 3.79. The second kappa shape index (κ2) is 9.87. The van der Waals surface area contributed by atoms with Gasteiger partial charge in [0.15, 0.2) is 11.8 Å². The van der Waals surface area contributed by atoms with E-state index in [4.69, 9.17) is 0 Å². The minimum atomic E-state index is 0. The van der Waals surface area contributed by atoms with Gasteiger partial charge in [0.1, 0.15) is 5.82 Å². The molecule has 1 aromatic heterocycles. The maximum atomic E-state index is 4.37. The summed E-state index contributed by atoms with van der Waals surface area (Å²) in [6, 6.07) is 0. The molecule has 0 aromatic carbocycles. The zero-order valence-electron chi connectivity index (χ0n) is 16.4. The minimum absolute atomic E-state index is 0. The van der Waals surface area contributed by atoms with Crippen LogP contribution < -0.4 is 10.6 Å². The van der Waals surface area contributed by atoms with Crippen molar-refractivity contribution in [2.75, 3.05) is 26.7 Å². The molecule has 1 saturated heterocycles. The van der Waals surface area contributed by atoms with Crippen molar-refractivity contribution >= 4 is 29.9 Å². The number of guanidine groups is 1. The quantitative estimate of drug-likeness (QED) is 0.388. The molecule has 1 aromatic rings. The molecule has 0 amide bonds. The van der Waals surface area contributed by atoms with E-state index in [0.29, 0.717) is 6.54 Å². The van der Waals surface area contributed by atoms with Gasteiger partial charge in [0.05, 0.1) is 6.54 Å². The molecule has 0 unspecified atom stereocenters. The molecule has 3 heterocycles. The Kier molecular flexibility index (Phi) is 8.12. The first-order valence-corrected chi connectivity index (χ1v) is 9.71. The Balaban J connectivity index is 0.00000243. The first-order valence-electron chi connectivity index (χ1n) is 9.71. The fourth-order valence-electron chi connectivity index (χ4n) is 3.79. The number of hydrogen-bond donors (Lipinski definition) is 2. The highest BCUT2D eigenvalue weighted by Gasteiger charge is 2.28. The Morgan fingerprint density at radius 3 is 2.50 bits per heavy atom. The number of hydrogen-bond acceptors (Lipinski definition) is 4. The molecule has 148 valence electrons. The van der Waals surface area contributed by atoms with Crippen LogP contribution >= 0.6 is 24.0 Å². The number of likely N-dealkylation sites (tertiary alicyclic amines) is 1. The van der Waals surface area contributed by atoms with E-state index in [-0.39, 0.29) is 29.5 Å². The van der Waals surface area contributed by atoms with Gasteiger partial charge in [-0.15, -0.1) is 34.2 Å². The first-order chi connectivity index (χ1) is 12.1. The molecule has 2 aliphatic rings. The summed E-state index contributed by atoms with van der Waals surface area (Å²) in [4.78, 5) is 6.96. The standard InChI is InChI=1S/C18H33N7.HI/c1-18(2,24-10-6-4-7-11-24)14-21-17(19-3)20-13-16-23-22-15-9-5-8-12-25(15)16;/h4-14H2,1-3H3,(H2,19,20,21);1H. The predicted molar refractivity (Wildman–Crippen MR) is 116 cm³/mol. The largest absolute Gasteiger partial charge is 0.355 e. The van der Waals surface area contributed by atoms with E-state index in [0.717, 1.165) is 37.1 Å². The van der Waals surface area contributed by atoms with E-state index < -0.39 is 0 Å². The van der Waals surface area contributed by atoms with Crippen LogP contribution in [-0.2, 0) is 19.5 Å². The van der Waals surface area contributed by atoms with Crippen molar-refractivity contribution in [1.82, 2.24) is 30.3 Å². The smallest absolute Gasteiger partial charge is 0.191 e. The lowest BCUT2D eigenvalue weighted by Crippen LogP contribution is -2.54. The van der Waals surface area contributed by atoms with E-state index in [1.807, 2.05) is 7.05 Å². The van der Waals surface area contributed by atoms with E-state index >= 15 is 0 Å². The monoisotopic (exact) mass is 475 g/mol. The number of nitrogens with zero attached hydrogens (tertiary/aromatic N) is 5. The highest BCUT2D eigenvalue weighted by molar-refractivity contribution is 14.0. The topological polar surface area (TPSA) is 70.4 Å². The summed E-state index contributed by atoms with van der Waals surface area (Å²) in [5.74, 6) is 2.96. The van der Waals surface area contributed by atoms with Crippen LogP contribution in [0.25, 0.3) is 0 Å². The van der Waals surface area contributed by atoms with E-state index in [1.54, 1.807) is 0 Å². The van der Waals surface area contributed by atoms with Gasteiger partial charge in [0, 0.05) is 32.1 Å². The SMILES string of the molecule is CN=C(NCc1nnc2n1CCCC2)NCC(C)(C)N1CCCCC1.I. The average Bonchev–Trinajstić information content (AvgIpc) is 3.06. The zero-order chi connectivity index (χ0) is 17.7. The van der Waals surface area contributed by atoms with Crippen LogP contribution in [-0.4, -0.2) is 57.8 Å². The lowest BCUT2D eigenvalue weighted by Gasteiger charge is -2.41. The summed E-state index contributed by atoms with van der Waals surface area (Å²) in [5.41, 5.74) is 0.131. The fraction of sp³-hybridized carbons (Fsp3) is 0.833. The second-order valence-corrected chi connectivity index (χ2v) is 7.78. The lowest BCUT2D eigenvalue weighted by molar-refractivity contribution is 0.0982. The van der Waals surface area contributed by atoms with Gasteiger partial charge in [-0.25, -0.2) is 0 Å². The molecule has 0 bridgehead atoms. The number of aryl methyl sites for hydroxylation is 1. The highest BCUT2D eigenvalue weighted by atomic mass is 127. The third-order valence-corrected chi connectivity index (χ3v) is 5.47. The third-order valence-electron chi connectivity index (χ3n) is 5.47. The second-order valence-electron chi connectivity index (χ2n) is 7.78. The third kappa shape index (κ3) is 5.31. The zero-order valence-corrected chi connectivity index (χ0v) is 18.8. The van der Waals surface area contributed by atoms with Crippen LogP contribution in [0.15, 0.2) is 4.99 Å². The van der Waals surface area contributed by atoms with Crippen LogP contribution in [0, 0.1) is 0 Å². The molecule has 2 N–H and O–H groups in total. The van der Waals surface area contributed by atoms with Gasteiger partial charge in [-0.1, -0.05) is 6.42 Å². The summed E-state index contributed by atoms with van der Waals surface area (Å²) < 4.78 is 2.25. The molecule has 0 aliphatic carbocycles. The summed E-state index contributed by atoms with van der Waals surface area (Å²) in [6.45, 7) is 9.61. The predicted octanol–water partition coefficient (Wildman–Crippen LogP) is 2.16. The van der Waals surface area contributed by atoms with Crippen molar-refractivity contribution in [1.29, 1.82) is 0 Å². The minimum Gasteiger partial charge on any atom is -0.355 e. The molecule has 26 heavy (non-hydrogen) atoms. The Morgan fingerprint density at radius 2 is 1.77 bits per heavy atom. The number of piperidine rings is 1. The molecule has 0 saturated carbocycles. The van der Waals surface area contributed by atoms with Crippen molar-refractivity contribution in [3.63, 3.8) is 0 Å². The summed E-state index contributed by atoms with van der Waals surface area (Å²) in [5, 5.41) is 15.5. The van der Waals surface area contributed by atoms with Gasteiger partial charge < -0.3 is 15.2 Å². The summed E-state index contributed by atoms with van der Waals surface area (Å²) in [6.07, 6.45) is 7.48. The number of rotatable bonds is 5. The van der Waals surface area contributed by atoms with E-state index in [2.05, 4.69) is 49.1 Å². The van der Waals surface area contributed by atoms with Gasteiger partial charge in [-0.3, -0.25) is 9.89 Å². The van der Waals surface area contributed by atoms with E-state index in [9.17, 15) is 0 Å². The Morgan fingerprint density at radius 1 is 1.04 bits per heavy atom. The van der Waals surface area contributed by atoms with Crippen molar-refractivity contribution in [3.05, 3.63) is 11.6 Å². The van der Waals surface area contributed by atoms with Gasteiger partial charge in [-0.2, -0.15) is 0 Å². The van der Waals surface area contributed by atoms with Crippen LogP contribution in [0.5, 0.6) is 0 Å². The first kappa shape index (κ1) is 21.4. The lowest BCUT2D eigenvalue weighted by atomic mass is 9.98. The number of halogens is 1. The molecule has 0 radical (unpaired) electrons. The maximum absolute atomic E-state index is 4.37.